The van der Waals surface area contributed by atoms with Crippen LogP contribution in [0.3, 0.4) is 0 Å². The van der Waals surface area contributed by atoms with Crippen LogP contribution in [0.15, 0.2) is 41.4 Å². The van der Waals surface area contributed by atoms with Crippen molar-refractivity contribution in [1.82, 2.24) is 10.3 Å². The molecule has 2 bridgehead atoms. The molecule has 0 radical (unpaired) electrons. The number of rotatable bonds is 6. The maximum Gasteiger partial charge on any atom is 0.250 e. The normalized spacial score (nSPS) is 22.5. The number of nitrogens with two attached hydrogens (primary N) is 1. The van der Waals surface area contributed by atoms with Gasteiger partial charge in [-0.25, -0.2) is 13.4 Å². The summed E-state index contributed by atoms with van der Waals surface area (Å²) in [7, 11) is -4.07. The number of hydrogen-bond donors (Lipinski definition) is 2. The van der Waals surface area contributed by atoms with Crippen LogP contribution in [0.25, 0.3) is 0 Å². The van der Waals surface area contributed by atoms with Gasteiger partial charge in [0.15, 0.2) is 9.84 Å². The Hall–Kier alpha value is -2.36. The van der Waals surface area contributed by atoms with Crippen LogP contribution in [0.4, 0.5) is 5.82 Å². The van der Waals surface area contributed by atoms with E-state index in [0.29, 0.717) is 23.4 Å². The van der Waals surface area contributed by atoms with Gasteiger partial charge in [-0.1, -0.05) is 23.2 Å². The number of primary amides is 1. The molecule has 2 amide bonds. The number of sulfone groups is 1. The van der Waals surface area contributed by atoms with Crippen molar-refractivity contribution < 1.29 is 18.0 Å². The molecular formula is C23H26Cl2N4O4S. The molecule has 182 valence electrons. The largest absolute Gasteiger partial charge is 0.366 e. The maximum absolute atomic E-state index is 13.3. The fourth-order valence-corrected chi connectivity index (χ4v) is 6.93. The summed E-state index contributed by atoms with van der Waals surface area (Å²) in [4.78, 5) is 31.0. The first kappa shape index (κ1) is 24.8. The number of anilines is 1. The highest BCUT2D eigenvalue weighted by molar-refractivity contribution is 7.93. The molecule has 11 heteroatoms. The number of fused-ring (bicyclic) bond motifs is 2. The summed E-state index contributed by atoms with van der Waals surface area (Å²) in [6.07, 6.45) is 4.69. The molecular weight excluding hydrogens is 499 g/mol. The molecule has 0 saturated carbocycles. The first-order chi connectivity index (χ1) is 15.9. The van der Waals surface area contributed by atoms with Crippen LogP contribution < -0.4 is 16.0 Å². The fourth-order valence-electron chi connectivity index (χ4n) is 4.80. The van der Waals surface area contributed by atoms with Gasteiger partial charge in [0, 0.05) is 29.3 Å². The molecule has 3 atom stereocenters. The van der Waals surface area contributed by atoms with Crippen molar-refractivity contribution in [2.75, 3.05) is 4.90 Å². The first-order valence-corrected chi connectivity index (χ1v) is 13.2. The highest BCUT2D eigenvalue weighted by Crippen LogP contribution is 2.39. The van der Waals surface area contributed by atoms with Crippen LogP contribution in [-0.4, -0.2) is 48.1 Å². The van der Waals surface area contributed by atoms with E-state index in [0.717, 1.165) is 18.7 Å². The minimum absolute atomic E-state index is 0.0189. The lowest BCUT2D eigenvalue weighted by atomic mass is 9.96. The lowest BCUT2D eigenvalue weighted by Crippen LogP contribution is -2.56. The topological polar surface area (TPSA) is 122 Å². The number of hydrogen-bond acceptors (Lipinski definition) is 6. The minimum atomic E-state index is -4.07. The molecule has 2 saturated heterocycles. The molecule has 1 unspecified atom stereocenters. The van der Waals surface area contributed by atoms with Gasteiger partial charge in [-0.2, -0.15) is 0 Å². The quantitative estimate of drug-likeness (QED) is 0.597. The number of nitrogens with zero attached hydrogens (tertiary/aromatic N) is 2. The lowest BCUT2D eigenvalue weighted by molar-refractivity contribution is -0.123. The van der Waals surface area contributed by atoms with E-state index in [1.165, 1.54) is 38.2 Å². The molecule has 2 aliphatic rings. The van der Waals surface area contributed by atoms with E-state index in [-0.39, 0.29) is 28.0 Å². The summed E-state index contributed by atoms with van der Waals surface area (Å²) in [5, 5.41) is 3.26. The van der Waals surface area contributed by atoms with Crippen LogP contribution in [0.2, 0.25) is 10.0 Å². The standard InChI is InChI=1S/C23H26Cl2N4O4S/c1-23(2,34(32,33)19-7-4-14(24)9-18(19)25)22(31)28-15-10-16-5-6-17(11-15)29(16)20-8-3-13(12-27-20)21(26)30/h3-4,7-9,12,15-17H,5-6,10-11H2,1-2H3,(H2,26,30)(H,28,31)/t15?,16-,17+. The van der Waals surface area contributed by atoms with Gasteiger partial charge in [-0.15, -0.1) is 0 Å². The minimum Gasteiger partial charge on any atom is -0.366 e. The summed E-state index contributed by atoms with van der Waals surface area (Å²) in [5.41, 5.74) is 5.65. The molecule has 3 N–H and O–H groups in total. The Morgan fingerprint density at radius 3 is 2.29 bits per heavy atom. The van der Waals surface area contributed by atoms with Gasteiger partial charge in [-0.05, 0) is 69.9 Å². The highest BCUT2D eigenvalue weighted by Gasteiger charge is 2.47. The van der Waals surface area contributed by atoms with Crippen molar-refractivity contribution in [3.05, 3.63) is 52.1 Å². The Bertz CT molecular complexity index is 1220. The van der Waals surface area contributed by atoms with E-state index in [4.69, 9.17) is 28.9 Å². The third-order valence-corrected chi connectivity index (χ3v) is 9.89. The zero-order valence-electron chi connectivity index (χ0n) is 18.8. The summed E-state index contributed by atoms with van der Waals surface area (Å²) >= 11 is 12.0. The number of amides is 2. The van der Waals surface area contributed by atoms with Gasteiger partial charge in [-0.3, -0.25) is 9.59 Å². The van der Waals surface area contributed by atoms with Crippen LogP contribution >= 0.6 is 23.2 Å². The molecule has 0 aliphatic carbocycles. The zero-order valence-corrected chi connectivity index (χ0v) is 21.1. The van der Waals surface area contributed by atoms with E-state index >= 15 is 0 Å². The third-order valence-electron chi connectivity index (χ3n) is 6.77. The second-order valence-electron chi connectivity index (χ2n) is 9.29. The van der Waals surface area contributed by atoms with E-state index in [9.17, 15) is 18.0 Å². The van der Waals surface area contributed by atoms with Crippen LogP contribution in [0, 0.1) is 0 Å². The number of piperidine rings is 1. The summed E-state index contributed by atoms with van der Waals surface area (Å²) < 4.78 is 24.8. The number of pyridine rings is 1. The molecule has 2 aromatic rings. The fraction of sp³-hybridized carbons (Fsp3) is 0.435. The lowest BCUT2D eigenvalue weighted by Gasteiger charge is -2.40. The Kier molecular flexibility index (Phi) is 6.56. The Labute approximate surface area is 208 Å². The van der Waals surface area contributed by atoms with Crippen molar-refractivity contribution in [1.29, 1.82) is 0 Å². The van der Waals surface area contributed by atoms with E-state index < -0.39 is 26.4 Å². The molecule has 0 spiro atoms. The number of aromatic nitrogens is 1. The summed E-state index contributed by atoms with van der Waals surface area (Å²) in [5.74, 6) is -0.330. The number of carbonyl (C=O) groups is 2. The van der Waals surface area contributed by atoms with Crippen LogP contribution in [-0.2, 0) is 14.6 Å². The zero-order chi connectivity index (χ0) is 24.8. The average molecular weight is 525 g/mol. The van der Waals surface area contributed by atoms with Crippen molar-refractivity contribution in [3.63, 3.8) is 0 Å². The molecule has 1 aromatic heterocycles. The van der Waals surface area contributed by atoms with Crippen molar-refractivity contribution in [2.24, 2.45) is 5.73 Å². The molecule has 4 rings (SSSR count). The molecule has 2 fully saturated rings. The van der Waals surface area contributed by atoms with Crippen molar-refractivity contribution in [2.45, 2.75) is 67.3 Å². The maximum atomic E-state index is 13.3. The SMILES string of the molecule is CC(C)(C(=O)NC1C[C@H]2CC[C@@H](C1)N2c1ccc(C(N)=O)cn1)S(=O)(=O)c1ccc(Cl)cc1Cl. The predicted molar refractivity (Wildman–Crippen MR) is 131 cm³/mol. The number of benzene rings is 1. The van der Waals surface area contributed by atoms with Gasteiger partial charge in [0.2, 0.25) is 11.8 Å². The predicted octanol–water partition coefficient (Wildman–Crippen LogP) is 3.36. The van der Waals surface area contributed by atoms with Gasteiger partial charge in [0.05, 0.1) is 15.5 Å². The number of carbonyl (C=O) groups excluding carboxylic acids is 2. The Morgan fingerprint density at radius 1 is 1.12 bits per heavy atom. The molecule has 3 heterocycles. The van der Waals surface area contributed by atoms with Crippen LogP contribution in [0.1, 0.15) is 49.9 Å². The second-order valence-corrected chi connectivity index (χ2v) is 12.6. The third kappa shape index (κ3) is 4.36. The first-order valence-electron chi connectivity index (χ1n) is 11.0. The summed E-state index contributed by atoms with van der Waals surface area (Å²) in [6.45, 7) is 2.77. The van der Waals surface area contributed by atoms with Gasteiger partial charge >= 0.3 is 0 Å². The number of nitrogens with one attached hydrogen (secondary N) is 1. The van der Waals surface area contributed by atoms with Gasteiger partial charge < -0.3 is 16.0 Å². The second kappa shape index (κ2) is 9.02. The van der Waals surface area contributed by atoms with E-state index in [1.807, 2.05) is 0 Å². The van der Waals surface area contributed by atoms with Gasteiger partial charge in [0.1, 0.15) is 10.6 Å². The molecule has 34 heavy (non-hydrogen) atoms. The van der Waals surface area contributed by atoms with E-state index in [1.54, 1.807) is 12.1 Å². The highest BCUT2D eigenvalue weighted by atomic mass is 35.5. The van der Waals surface area contributed by atoms with E-state index in [2.05, 4.69) is 15.2 Å². The molecule has 8 nitrogen and oxygen atoms in total. The number of halogens is 2. The van der Waals surface area contributed by atoms with Crippen LogP contribution in [0.5, 0.6) is 0 Å². The average Bonchev–Trinajstić information content (AvgIpc) is 3.03. The smallest absolute Gasteiger partial charge is 0.250 e. The van der Waals surface area contributed by atoms with Gasteiger partial charge in [0.25, 0.3) is 0 Å². The molecule has 2 aliphatic heterocycles. The van der Waals surface area contributed by atoms with Crippen molar-refractivity contribution in [3.8, 4) is 0 Å². The molecule has 1 aromatic carbocycles. The monoisotopic (exact) mass is 524 g/mol. The summed E-state index contributed by atoms with van der Waals surface area (Å²) in [6, 6.07) is 7.70. The van der Waals surface area contributed by atoms with Crippen molar-refractivity contribution >= 4 is 50.7 Å². The Morgan fingerprint density at radius 2 is 1.76 bits per heavy atom. The Balaban J connectivity index is 1.48.